The summed E-state index contributed by atoms with van der Waals surface area (Å²) < 4.78 is 0. The van der Waals surface area contributed by atoms with Crippen LogP contribution in [-0.2, 0) is 0 Å². The monoisotopic (exact) mass is 192 g/mol. The van der Waals surface area contributed by atoms with Crippen LogP contribution in [0.25, 0.3) is 0 Å². The highest BCUT2D eigenvalue weighted by molar-refractivity contribution is 6.59. The van der Waals surface area contributed by atoms with Crippen molar-refractivity contribution in [1.82, 2.24) is 0 Å². The maximum Gasteiger partial charge on any atom is 0.488 e. The summed E-state index contributed by atoms with van der Waals surface area (Å²) in [4.78, 5) is 11.3. The Morgan fingerprint density at radius 2 is 2.07 bits per heavy atom. The van der Waals surface area contributed by atoms with Crippen molar-refractivity contribution in [2.24, 2.45) is 0 Å². The van der Waals surface area contributed by atoms with Crippen LogP contribution in [0.4, 0.5) is 0 Å². The molecule has 0 radical (unpaired) electrons. The van der Waals surface area contributed by atoms with Crippen LogP contribution in [0.2, 0.25) is 0 Å². The van der Waals surface area contributed by atoms with Gasteiger partial charge in [-0.05, 0) is 18.5 Å². The molecule has 0 saturated heterocycles. The molecule has 74 valence electrons. The molecule has 0 aliphatic rings. The lowest BCUT2D eigenvalue weighted by atomic mass is 9.76. The fraction of sp³-hybridized carbons (Fsp3) is 0.300. The Hall–Kier alpha value is -1.13. The van der Waals surface area contributed by atoms with E-state index in [1.165, 1.54) is 0 Å². The molecule has 2 N–H and O–H groups in total. The van der Waals surface area contributed by atoms with Crippen LogP contribution in [0.5, 0.6) is 0 Å². The second kappa shape index (κ2) is 4.40. The molecule has 0 atom stereocenters. The van der Waals surface area contributed by atoms with Crippen molar-refractivity contribution in [3.8, 4) is 0 Å². The number of hydrogen-bond acceptors (Lipinski definition) is 3. The predicted molar refractivity (Wildman–Crippen MR) is 55.6 cm³/mol. The van der Waals surface area contributed by atoms with Gasteiger partial charge in [0.15, 0.2) is 5.78 Å². The quantitative estimate of drug-likeness (QED) is 0.533. The fourth-order valence-electron chi connectivity index (χ4n) is 1.34. The van der Waals surface area contributed by atoms with Crippen LogP contribution in [0.15, 0.2) is 18.2 Å². The first-order chi connectivity index (χ1) is 6.56. The van der Waals surface area contributed by atoms with E-state index in [1.54, 1.807) is 32.0 Å². The van der Waals surface area contributed by atoms with Gasteiger partial charge in [-0.3, -0.25) is 4.79 Å². The normalized spacial score (nSPS) is 10.0. The van der Waals surface area contributed by atoms with E-state index in [4.69, 9.17) is 10.0 Å². The highest BCUT2D eigenvalue weighted by Gasteiger charge is 2.14. The van der Waals surface area contributed by atoms with E-state index in [2.05, 4.69) is 0 Å². The van der Waals surface area contributed by atoms with E-state index >= 15 is 0 Å². The van der Waals surface area contributed by atoms with Gasteiger partial charge in [-0.25, -0.2) is 0 Å². The largest absolute Gasteiger partial charge is 0.488 e. The summed E-state index contributed by atoms with van der Waals surface area (Å²) >= 11 is 0. The smallest absolute Gasteiger partial charge is 0.423 e. The van der Waals surface area contributed by atoms with Gasteiger partial charge in [0.05, 0.1) is 0 Å². The number of carbonyl (C=O) groups is 1. The number of carbonyl (C=O) groups excluding carboxylic acids is 1. The second-order valence-electron chi connectivity index (χ2n) is 3.22. The Kier molecular flexibility index (Phi) is 3.44. The van der Waals surface area contributed by atoms with Crippen molar-refractivity contribution in [1.29, 1.82) is 0 Å². The van der Waals surface area contributed by atoms with Gasteiger partial charge in [0.2, 0.25) is 0 Å². The maximum absolute atomic E-state index is 11.3. The van der Waals surface area contributed by atoms with Crippen LogP contribution in [0.3, 0.4) is 0 Å². The van der Waals surface area contributed by atoms with Gasteiger partial charge >= 0.3 is 7.12 Å². The summed E-state index contributed by atoms with van der Waals surface area (Å²) in [6.07, 6.45) is 0.459. The van der Waals surface area contributed by atoms with E-state index in [-0.39, 0.29) is 5.78 Å². The van der Waals surface area contributed by atoms with Crippen molar-refractivity contribution >= 4 is 18.4 Å². The molecule has 0 aromatic heterocycles. The summed E-state index contributed by atoms with van der Waals surface area (Å²) in [6, 6.07) is 4.87. The Morgan fingerprint density at radius 3 is 2.50 bits per heavy atom. The summed E-state index contributed by atoms with van der Waals surface area (Å²) in [5.41, 5.74) is 1.78. The van der Waals surface area contributed by atoms with Crippen LogP contribution in [-0.4, -0.2) is 22.9 Å². The van der Waals surface area contributed by atoms with Crippen LogP contribution >= 0.6 is 0 Å². The minimum atomic E-state index is -1.47. The number of rotatable bonds is 3. The number of hydrogen-bond donors (Lipinski definition) is 2. The average molecular weight is 192 g/mol. The predicted octanol–water partition coefficient (Wildman–Crippen LogP) is 0.268. The third kappa shape index (κ3) is 2.22. The molecular formula is C10H13BO3. The van der Waals surface area contributed by atoms with E-state index in [0.29, 0.717) is 17.4 Å². The lowest BCUT2D eigenvalue weighted by Gasteiger charge is -2.06. The number of Topliss-reactive ketones (excluding diaryl/α,β-unsaturated/α-hetero) is 1. The second-order valence-corrected chi connectivity index (χ2v) is 3.22. The maximum atomic E-state index is 11.3. The molecule has 0 bridgehead atoms. The Labute approximate surface area is 83.5 Å². The zero-order valence-electron chi connectivity index (χ0n) is 8.32. The molecule has 0 spiro atoms. The summed E-state index contributed by atoms with van der Waals surface area (Å²) in [6.45, 7) is 3.55. The molecule has 14 heavy (non-hydrogen) atoms. The molecule has 0 fully saturated rings. The molecule has 1 rings (SSSR count). The average Bonchev–Trinajstić information content (AvgIpc) is 2.15. The molecule has 0 aliphatic carbocycles. The lowest BCUT2D eigenvalue weighted by molar-refractivity contribution is 0.0988. The summed E-state index contributed by atoms with van der Waals surface area (Å²) in [7, 11) is -1.47. The van der Waals surface area contributed by atoms with Gasteiger partial charge in [-0.15, -0.1) is 0 Å². The minimum absolute atomic E-state index is 0.0621. The third-order valence-electron chi connectivity index (χ3n) is 2.19. The molecule has 0 amide bonds. The van der Waals surface area contributed by atoms with Gasteiger partial charge in [-0.1, -0.05) is 24.6 Å². The van der Waals surface area contributed by atoms with Gasteiger partial charge in [0.25, 0.3) is 0 Å². The lowest BCUT2D eigenvalue weighted by Crippen LogP contribution is -2.32. The van der Waals surface area contributed by atoms with Crippen LogP contribution < -0.4 is 5.46 Å². The molecule has 0 unspecified atom stereocenters. The highest BCUT2D eigenvalue weighted by atomic mass is 16.4. The van der Waals surface area contributed by atoms with Crippen molar-refractivity contribution in [3.05, 3.63) is 29.3 Å². The van der Waals surface area contributed by atoms with Gasteiger partial charge in [0, 0.05) is 12.0 Å². The Bertz CT molecular complexity index is 347. The number of ketones is 1. The van der Waals surface area contributed by atoms with E-state index in [9.17, 15) is 4.79 Å². The number of benzene rings is 1. The molecular weight excluding hydrogens is 179 g/mol. The van der Waals surface area contributed by atoms with Gasteiger partial charge < -0.3 is 10.0 Å². The molecule has 0 heterocycles. The topological polar surface area (TPSA) is 57.5 Å². The summed E-state index contributed by atoms with van der Waals surface area (Å²) in [5.74, 6) is 0.0621. The van der Waals surface area contributed by atoms with Gasteiger partial charge in [-0.2, -0.15) is 0 Å². The first kappa shape index (κ1) is 11.0. The van der Waals surface area contributed by atoms with E-state index < -0.39 is 7.12 Å². The zero-order chi connectivity index (χ0) is 10.7. The standard InChI is InChI=1S/C10H13BO3/c1-3-10(12)8-4-5-9(11(13)14)7(2)6-8/h4-6,13-14H,3H2,1-2H3. The van der Waals surface area contributed by atoms with Gasteiger partial charge in [0.1, 0.15) is 0 Å². The number of aryl methyl sites for hydroxylation is 1. The molecule has 1 aromatic carbocycles. The van der Waals surface area contributed by atoms with E-state index in [0.717, 1.165) is 5.56 Å². The first-order valence-electron chi connectivity index (χ1n) is 4.56. The Balaban J connectivity index is 3.06. The SMILES string of the molecule is CCC(=O)c1ccc(B(O)O)c(C)c1. The van der Waals surface area contributed by atoms with Crippen molar-refractivity contribution in [2.45, 2.75) is 20.3 Å². The Morgan fingerprint density at radius 1 is 1.43 bits per heavy atom. The third-order valence-corrected chi connectivity index (χ3v) is 2.19. The van der Waals surface area contributed by atoms with E-state index in [1.807, 2.05) is 0 Å². The fourth-order valence-corrected chi connectivity index (χ4v) is 1.34. The van der Waals surface area contributed by atoms with Crippen molar-refractivity contribution < 1.29 is 14.8 Å². The molecule has 0 saturated carbocycles. The van der Waals surface area contributed by atoms with Crippen LogP contribution in [0, 0.1) is 6.92 Å². The van der Waals surface area contributed by atoms with Crippen molar-refractivity contribution in [2.75, 3.05) is 0 Å². The minimum Gasteiger partial charge on any atom is -0.423 e. The molecule has 0 aliphatic heterocycles. The molecule has 4 heteroatoms. The van der Waals surface area contributed by atoms with Crippen molar-refractivity contribution in [3.63, 3.8) is 0 Å². The molecule has 1 aromatic rings. The highest BCUT2D eigenvalue weighted by Crippen LogP contribution is 2.05. The summed E-state index contributed by atoms with van der Waals surface area (Å²) in [5, 5.41) is 17.9. The molecule has 3 nitrogen and oxygen atoms in total. The first-order valence-corrected chi connectivity index (χ1v) is 4.56. The van der Waals surface area contributed by atoms with Crippen LogP contribution in [0.1, 0.15) is 29.3 Å². The zero-order valence-corrected chi connectivity index (χ0v) is 8.32.